The van der Waals surface area contributed by atoms with Crippen molar-refractivity contribution in [2.75, 3.05) is 33.0 Å². The molecule has 1 aliphatic rings. The number of methoxy groups -OCH3 is 2. The normalized spacial score (nSPS) is 22.8. The Morgan fingerprint density at radius 2 is 1.84 bits per heavy atom. The van der Waals surface area contributed by atoms with Gasteiger partial charge in [-0.2, -0.15) is 0 Å². The second kappa shape index (κ2) is 5.59. The predicted molar refractivity (Wildman–Crippen MR) is 73.1 cm³/mol. The number of hydrogen-bond acceptors (Lipinski definition) is 4. The molecule has 2 unspecified atom stereocenters. The zero-order valence-corrected chi connectivity index (χ0v) is 11.6. The molecule has 2 N–H and O–H groups in total. The Morgan fingerprint density at radius 1 is 1.26 bits per heavy atom. The van der Waals surface area contributed by atoms with Crippen molar-refractivity contribution < 1.29 is 14.3 Å². The molecule has 5 heteroatoms. The molecule has 1 aromatic rings. The summed E-state index contributed by atoms with van der Waals surface area (Å²) < 4.78 is 10.7. The zero-order valence-electron chi connectivity index (χ0n) is 11.6. The predicted octanol–water partition coefficient (Wildman–Crippen LogP) is 1.06. The second-order valence-corrected chi connectivity index (χ2v) is 4.83. The average molecular weight is 264 g/mol. The molecule has 1 fully saturated rings. The summed E-state index contributed by atoms with van der Waals surface area (Å²) in [5.41, 5.74) is 8.03. The number of aryl methyl sites for hydroxylation is 1. The van der Waals surface area contributed by atoms with Crippen molar-refractivity contribution in [2.45, 2.75) is 19.1 Å². The number of nitrogens with zero attached hydrogens (tertiary/aromatic N) is 1. The first-order valence-corrected chi connectivity index (χ1v) is 6.27. The van der Waals surface area contributed by atoms with E-state index in [4.69, 9.17) is 15.2 Å². The van der Waals surface area contributed by atoms with E-state index in [1.807, 2.05) is 13.0 Å². The molecule has 2 atom stereocenters. The molecule has 19 heavy (non-hydrogen) atoms. The summed E-state index contributed by atoms with van der Waals surface area (Å²) in [7, 11) is 3.27. The van der Waals surface area contributed by atoms with Gasteiger partial charge in [-0.05, 0) is 30.7 Å². The fraction of sp³-hybridized carbons (Fsp3) is 0.500. The van der Waals surface area contributed by atoms with E-state index in [1.54, 1.807) is 31.3 Å². The molecule has 5 nitrogen and oxygen atoms in total. The minimum Gasteiger partial charge on any atom is -0.399 e. The number of hydrogen-bond donors (Lipinski definition) is 1. The Hall–Kier alpha value is -1.59. The standard InChI is InChI=1S/C14H20N2O3/c1-9-6-10(4-5-11(9)15)14(17)16-7-12(18-2)13(8-16)19-3/h4-6,12-13H,7-8,15H2,1-3H3. The average Bonchev–Trinajstić information content (AvgIpc) is 2.84. The number of amides is 1. The molecule has 1 aromatic carbocycles. The van der Waals surface area contributed by atoms with E-state index in [1.165, 1.54) is 0 Å². The number of carbonyl (C=O) groups excluding carboxylic acids is 1. The number of likely N-dealkylation sites (tertiary alicyclic amines) is 1. The third kappa shape index (κ3) is 2.72. The van der Waals surface area contributed by atoms with Crippen LogP contribution in [0.3, 0.4) is 0 Å². The van der Waals surface area contributed by atoms with Crippen molar-refractivity contribution in [2.24, 2.45) is 0 Å². The topological polar surface area (TPSA) is 64.8 Å². The Bertz CT molecular complexity index is 464. The smallest absolute Gasteiger partial charge is 0.254 e. The zero-order chi connectivity index (χ0) is 14.0. The maximum Gasteiger partial charge on any atom is 0.254 e. The number of ether oxygens (including phenoxy) is 2. The highest BCUT2D eigenvalue weighted by Crippen LogP contribution is 2.20. The van der Waals surface area contributed by atoms with Gasteiger partial charge in [0, 0.05) is 38.6 Å². The van der Waals surface area contributed by atoms with Crippen molar-refractivity contribution in [3.63, 3.8) is 0 Å². The summed E-state index contributed by atoms with van der Waals surface area (Å²) in [5, 5.41) is 0. The summed E-state index contributed by atoms with van der Waals surface area (Å²) in [6.45, 7) is 3.00. The number of nitrogen functional groups attached to an aromatic ring is 1. The van der Waals surface area contributed by atoms with Crippen molar-refractivity contribution in [1.29, 1.82) is 0 Å². The lowest BCUT2D eigenvalue weighted by atomic mass is 10.1. The van der Waals surface area contributed by atoms with E-state index in [-0.39, 0.29) is 18.1 Å². The number of nitrogens with two attached hydrogens (primary N) is 1. The van der Waals surface area contributed by atoms with Crippen LogP contribution in [0.2, 0.25) is 0 Å². The van der Waals surface area contributed by atoms with Gasteiger partial charge >= 0.3 is 0 Å². The van der Waals surface area contributed by atoms with E-state index in [2.05, 4.69) is 0 Å². The quantitative estimate of drug-likeness (QED) is 0.829. The van der Waals surface area contributed by atoms with Crippen LogP contribution < -0.4 is 5.73 Å². The summed E-state index contributed by atoms with van der Waals surface area (Å²) in [5.74, 6) is -0.00954. The summed E-state index contributed by atoms with van der Waals surface area (Å²) in [6, 6.07) is 5.34. The van der Waals surface area contributed by atoms with Crippen molar-refractivity contribution in [3.8, 4) is 0 Å². The highest BCUT2D eigenvalue weighted by Gasteiger charge is 2.35. The number of benzene rings is 1. The van der Waals surface area contributed by atoms with Gasteiger partial charge in [0.25, 0.3) is 5.91 Å². The van der Waals surface area contributed by atoms with Crippen molar-refractivity contribution >= 4 is 11.6 Å². The van der Waals surface area contributed by atoms with Crippen LogP contribution in [-0.2, 0) is 9.47 Å². The van der Waals surface area contributed by atoms with Crippen LogP contribution in [0.5, 0.6) is 0 Å². The fourth-order valence-corrected chi connectivity index (χ4v) is 2.35. The maximum absolute atomic E-state index is 12.4. The molecule has 2 rings (SSSR count). The third-order valence-electron chi connectivity index (χ3n) is 3.62. The largest absolute Gasteiger partial charge is 0.399 e. The van der Waals surface area contributed by atoms with E-state index >= 15 is 0 Å². The third-order valence-corrected chi connectivity index (χ3v) is 3.62. The number of rotatable bonds is 3. The fourth-order valence-electron chi connectivity index (χ4n) is 2.35. The van der Waals surface area contributed by atoms with Crippen LogP contribution in [0, 0.1) is 6.92 Å². The lowest BCUT2D eigenvalue weighted by Crippen LogP contribution is -2.30. The SMILES string of the molecule is COC1CN(C(=O)c2ccc(N)c(C)c2)CC1OC. The van der Waals surface area contributed by atoms with Crippen LogP contribution in [0.25, 0.3) is 0 Å². The van der Waals surface area contributed by atoms with Crippen molar-refractivity contribution in [3.05, 3.63) is 29.3 Å². The molecule has 1 saturated heterocycles. The van der Waals surface area contributed by atoms with Gasteiger partial charge < -0.3 is 20.1 Å². The van der Waals surface area contributed by atoms with Gasteiger partial charge in [-0.25, -0.2) is 0 Å². The van der Waals surface area contributed by atoms with Gasteiger partial charge in [-0.3, -0.25) is 4.79 Å². The van der Waals surface area contributed by atoms with Gasteiger partial charge in [0.1, 0.15) is 12.2 Å². The molecule has 1 heterocycles. The van der Waals surface area contributed by atoms with Gasteiger partial charge in [0.05, 0.1) is 0 Å². The Labute approximate surface area is 113 Å². The molecule has 0 bridgehead atoms. The Balaban J connectivity index is 2.14. The van der Waals surface area contributed by atoms with E-state index < -0.39 is 0 Å². The van der Waals surface area contributed by atoms with Crippen molar-refractivity contribution in [1.82, 2.24) is 4.90 Å². The Kier molecular flexibility index (Phi) is 4.07. The first kappa shape index (κ1) is 13.8. The maximum atomic E-state index is 12.4. The lowest BCUT2D eigenvalue weighted by molar-refractivity contribution is -0.00461. The molecule has 0 saturated carbocycles. The van der Waals surface area contributed by atoms with Gasteiger partial charge in [-0.15, -0.1) is 0 Å². The first-order chi connectivity index (χ1) is 9.06. The molecule has 104 valence electrons. The van der Waals surface area contributed by atoms with E-state index in [0.717, 1.165) is 5.56 Å². The molecule has 0 aromatic heterocycles. The van der Waals surface area contributed by atoms with Gasteiger partial charge in [0.15, 0.2) is 0 Å². The van der Waals surface area contributed by atoms with Gasteiger partial charge in [-0.1, -0.05) is 0 Å². The molecule has 0 aliphatic carbocycles. The molecule has 0 spiro atoms. The van der Waals surface area contributed by atoms with Crippen LogP contribution in [0.15, 0.2) is 18.2 Å². The molecular formula is C14H20N2O3. The summed E-state index contributed by atoms with van der Waals surface area (Å²) >= 11 is 0. The van der Waals surface area contributed by atoms with Crippen LogP contribution >= 0.6 is 0 Å². The number of carbonyl (C=O) groups is 1. The van der Waals surface area contributed by atoms with Crippen LogP contribution in [0.4, 0.5) is 5.69 Å². The van der Waals surface area contributed by atoms with E-state index in [0.29, 0.717) is 24.3 Å². The van der Waals surface area contributed by atoms with Crippen LogP contribution in [0.1, 0.15) is 15.9 Å². The minimum absolute atomic E-state index is 0.00954. The monoisotopic (exact) mass is 264 g/mol. The minimum atomic E-state index is -0.0659. The summed E-state index contributed by atoms with van der Waals surface area (Å²) in [4.78, 5) is 14.2. The second-order valence-electron chi connectivity index (χ2n) is 4.83. The first-order valence-electron chi connectivity index (χ1n) is 6.27. The van der Waals surface area contributed by atoms with E-state index in [9.17, 15) is 4.79 Å². The molecule has 1 aliphatic heterocycles. The van der Waals surface area contributed by atoms with Crippen LogP contribution in [-0.4, -0.2) is 50.3 Å². The van der Waals surface area contributed by atoms with Gasteiger partial charge in [0.2, 0.25) is 0 Å². The summed E-state index contributed by atoms with van der Waals surface area (Å²) in [6.07, 6.45) is -0.132. The molecular weight excluding hydrogens is 244 g/mol. The highest BCUT2D eigenvalue weighted by atomic mass is 16.5. The number of anilines is 1. The molecule has 0 radical (unpaired) electrons. The lowest BCUT2D eigenvalue weighted by Gasteiger charge is -2.16. The molecule has 1 amide bonds. The Morgan fingerprint density at radius 3 is 2.32 bits per heavy atom. The highest BCUT2D eigenvalue weighted by molar-refractivity contribution is 5.95.